The highest BCUT2D eigenvalue weighted by molar-refractivity contribution is 9.10. The van der Waals surface area contributed by atoms with Gasteiger partial charge in [-0.2, -0.15) is 5.26 Å². The van der Waals surface area contributed by atoms with Gasteiger partial charge in [-0.15, -0.1) is 0 Å². The Bertz CT molecular complexity index is 896. The summed E-state index contributed by atoms with van der Waals surface area (Å²) in [5.41, 5.74) is 4.46. The fourth-order valence-corrected chi connectivity index (χ4v) is 3.90. The molecule has 132 valence electrons. The van der Waals surface area contributed by atoms with E-state index in [1.807, 2.05) is 0 Å². The van der Waals surface area contributed by atoms with E-state index in [2.05, 4.69) is 27.3 Å². The molecule has 4 atom stereocenters. The molecule has 2 aromatic rings. The Kier molecular flexibility index (Phi) is 4.81. The third-order valence-electron chi connectivity index (χ3n) is 4.66. The molecule has 0 aliphatic carbocycles. The van der Waals surface area contributed by atoms with E-state index in [1.165, 1.54) is 0 Å². The molecule has 1 saturated heterocycles. The maximum atomic E-state index is 12.7. The molecule has 1 aliphatic rings. The van der Waals surface area contributed by atoms with Crippen LogP contribution in [0.1, 0.15) is 17.0 Å². The van der Waals surface area contributed by atoms with E-state index >= 15 is 0 Å². The van der Waals surface area contributed by atoms with Crippen LogP contribution in [0.15, 0.2) is 59.1 Å². The molecule has 0 bridgehead atoms. The van der Waals surface area contributed by atoms with E-state index in [0.29, 0.717) is 11.1 Å². The van der Waals surface area contributed by atoms with Crippen molar-refractivity contribution in [3.63, 3.8) is 0 Å². The van der Waals surface area contributed by atoms with Crippen molar-refractivity contribution in [3.05, 3.63) is 70.2 Å². The van der Waals surface area contributed by atoms with Gasteiger partial charge in [-0.05, 0) is 17.7 Å². The first-order chi connectivity index (χ1) is 12.4. The summed E-state index contributed by atoms with van der Waals surface area (Å²) in [4.78, 5) is 24.7. The number of nitrogens with zero attached hydrogens (tertiary/aromatic N) is 1. The minimum absolute atomic E-state index is 0.364. The summed E-state index contributed by atoms with van der Waals surface area (Å²) in [6.07, 6.45) is 0. The molecule has 1 heterocycles. The Morgan fingerprint density at radius 2 is 1.92 bits per heavy atom. The van der Waals surface area contributed by atoms with Crippen LogP contribution in [0.5, 0.6) is 0 Å². The maximum absolute atomic E-state index is 12.7. The molecule has 3 rings (SSSR count). The summed E-state index contributed by atoms with van der Waals surface area (Å²) in [6.45, 7) is 0. The number of rotatable bonds is 3. The number of carbonyl (C=O) groups is 2. The predicted octanol–water partition coefficient (Wildman–Crippen LogP) is 1.75. The zero-order chi connectivity index (χ0) is 18.9. The third kappa shape index (κ3) is 2.98. The highest BCUT2D eigenvalue weighted by Gasteiger charge is 2.55. The van der Waals surface area contributed by atoms with E-state index in [4.69, 9.17) is 5.73 Å². The van der Waals surface area contributed by atoms with Gasteiger partial charge in [0.25, 0.3) is 0 Å². The predicted molar refractivity (Wildman–Crippen MR) is 97.2 cm³/mol. The second-order valence-electron chi connectivity index (χ2n) is 6.19. The van der Waals surface area contributed by atoms with Gasteiger partial charge >= 0.3 is 0 Å². The van der Waals surface area contributed by atoms with Gasteiger partial charge in [-0.25, -0.2) is 0 Å². The molecule has 2 amide bonds. The van der Waals surface area contributed by atoms with Crippen LogP contribution in [0.25, 0.3) is 0 Å². The van der Waals surface area contributed by atoms with Crippen LogP contribution in [-0.2, 0) is 15.3 Å². The van der Waals surface area contributed by atoms with Gasteiger partial charge in [0.15, 0.2) is 5.72 Å². The van der Waals surface area contributed by atoms with Crippen molar-refractivity contribution in [1.82, 2.24) is 5.32 Å². The minimum Gasteiger partial charge on any atom is -0.369 e. The van der Waals surface area contributed by atoms with E-state index in [1.54, 1.807) is 54.6 Å². The molecule has 26 heavy (non-hydrogen) atoms. The summed E-state index contributed by atoms with van der Waals surface area (Å²) in [7, 11) is 0. The van der Waals surface area contributed by atoms with E-state index in [-0.39, 0.29) is 0 Å². The van der Waals surface area contributed by atoms with Crippen LogP contribution in [-0.4, -0.2) is 16.9 Å². The number of nitriles is 1. The summed E-state index contributed by atoms with van der Waals surface area (Å²) in [5, 5.41) is 23.5. The van der Waals surface area contributed by atoms with Gasteiger partial charge in [-0.1, -0.05) is 58.4 Å². The number of aliphatic hydroxyl groups is 1. The average Bonchev–Trinajstić information content (AvgIpc) is 2.61. The number of primary amides is 1. The Morgan fingerprint density at radius 3 is 2.50 bits per heavy atom. The molecule has 7 heteroatoms. The van der Waals surface area contributed by atoms with Crippen molar-refractivity contribution in [3.8, 4) is 6.07 Å². The highest BCUT2D eigenvalue weighted by atomic mass is 79.9. The number of hydrogen-bond acceptors (Lipinski definition) is 4. The van der Waals surface area contributed by atoms with Crippen molar-refractivity contribution in [2.24, 2.45) is 17.6 Å². The number of amides is 2. The Labute approximate surface area is 158 Å². The number of nitrogens with two attached hydrogens (primary N) is 1. The Hall–Kier alpha value is -2.69. The van der Waals surface area contributed by atoms with E-state index < -0.39 is 35.3 Å². The van der Waals surface area contributed by atoms with Gasteiger partial charge in [0.1, 0.15) is 11.8 Å². The molecule has 6 nitrogen and oxygen atoms in total. The number of carbonyl (C=O) groups excluding carboxylic acids is 2. The van der Waals surface area contributed by atoms with Gasteiger partial charge in [0, 0.05) is 16.0 Å². The van der Waals surface area contributed by atoms with Crippen molar-refractivity contribution in [2.75, 3.05) is 0 Å². The van der Waals surface area contributed by atoms with Crippen LogP contribution in [0.2, 0.25) is 0 Å². The standard InChI is InChI=1S/C19H16BrN3O3/c20-13-8-4-5-11(9-13)15-14(10-21)19(26,12-6-2-1-3-7-12)23-18(25)16(15)17(22)24/h1-9,14-16,26H,(H2,22,24)(H,23,25)/t14-,15-,16-,19+/m0/s1. The Morgan fingerprint density at radius 1 is 1.23 bits per heavy atom. The lowest BCUT2D eigenvalue weighted by Gasteiger charge is -2.44. The fraction of sp³-hybridized carbons (Fsp3) is 0.211. The summed E-state index contributed by atoms with van der Waals surface area (Å²) in [5.74, 6) is -4.83. The number of piperidine rings is 1. The lowest BCUT2D eigenvalue weighted by molar-refractivity contribution is -0.153. The zero-order valence-electron chi connectivity index (χ0n) is 13.6. The topological polar surface area (TPSA) is 116 Å². The second-order valence-corrected chi connectivity index (χ2v) is 7.10. The number of halogens is 1. The van der Waals surface area contributed by atoms with Crippen molar-refractivity contribution < 1.29 is 14.7 Å². The largest absolute Gasteiger partial charge is 0.369 e. The molecule has 4 N–H and O–H groups in total. The smallest absolute Gasteiger partial charge is 0.235 e. The first-order valence-corrected chi connectivity index (χ1v) is 8.72. The van der Waals surface area contributed by atoms with Gasteiger partial charge < -0.3 is 16.2 Å². The van der Waals surface area contributed by atoms with E-state index in [0.717, 1.165) is 4.47 Å². The van der Waals surface area contributed by atoms with Crippen LogP contribution >= 0.6 is 15.9 Å². The quantitative estimate of drug-likeness (QED) is 0.664. The molecule has 0 spiro atoms. The van der Waals surface area contributed by atoms with Gasteiger partial charge in [-0.3, -0.25) is 9.59 Å². The molecule has 0 unspecified atom stereocenters. The number of nitrogens with one attached hydrogen (secondary N) is 1. The van der Waals surface area contributed by atoms with Crippen molar-refractivity contribution in [2.45, 2.75) is 11.6 Å². The first kappa shape index (κ1) is 18.1. The molecule has 1 fully saturated rings. The molecular weight excluding hydrogens is 398 g/mol. The lowest BCUT2D eigenvalue weighted by atomic mass is 9.67. The first-order valence-electron chi connectivity index (χ1n) is 7.93. The third-order valence-corrected chi connectivity index (χ3v) is 5.15. The van der Waals surface area contributed by atoms with Crippen LogP contribution in [0.4, 0.5) is 0 Å². The summed E-state index contributed by atoms with van der Waals surface area (Å²) in [6, 6.07) is 17.4. The van der Waals surface area contributed by atoms with Gasteiger partial charge in [0.05, 0.1) is 6.07 Å². The molecule has 0 saturated carbocycles. The lowest BCUT2D eigenvalue weighted by Crippen LogP contribution is -2.62. The van der Waals surface area contributed by atoms with E-state index in [9.17, 15) is 20.0 Å². The summed E-state index contributed by atoms with van der Waals surface area (Å²) < 4.78 is 0.726. The number of hydrogen-bond donors (Lipinski definition) is 3. The minimum atomic E-state index is -1.94. The maximum Gasteiger partial charge on any atom is 0.235 e. The molecule has 0 radical (unpaired) electrons. The molecule has 0 aromatic heterocycles. The molecule has 1 aliphatic heterocycles. The second kappa shape index (κ2) is 6.90. The monoisotopic (exact) mass is 413 g/mol. The Balaban J connectivity index is 2.20. The summed E-state index contributed by atoms with van der Waals surface area (Å²) >= 11 is 3.35. The molecule has 2 aromatic carbocycles. The van der Waals surface area contributed by atoms with Crippen molar-refractivity contribution in [1.29, 1.82) is 5.26 Å². The van der Waals surface area contributed by atoms with Crippen LogP contribution in [0.3, 0.4) is 0 Å². The normalized spacial score (nSPS) is 28.0. The SMILES string of the molecule is N#C[C@H]1[C@H](c2cccc(Br)c2)[C@@H](C(N)=O)C(=O)N[C@@]1(O)c1ccccc1. The number of benzene rings is 2. The highest BCUT2D eigenvalue weighted by Crippen LogP contribution is 2.45. The zero-order valence-corrected chi connectivity index (χ0v) is 15.2. The fourth-order valence-electron chi connectivity index (χ4n) is 3.48. The molecular formula is C19H16BrN3O3. The van der Waals surface area contributed by atoms with Crippen LogP contribution < -0.4 is 11.1 Å². The van der Waals surface area contributed by atoms with Gasteiger partial charge in [0.2, 0.25) is 11.8 Å². The average molecular weight is 414 g/mol. The van der Waals surface area contributed by atoms with Crippen LogP contribution in [0, 0.1) is 23.2 Å². The van der Waals surface area contributed by atoms with Crippen molar-refractivity contribution >= 4 is 27.7 Å².